The molecular formula is C16H19NO2. The maximum absolute atomic E-state index is 11.8. The van der Waals surface area contributed by atoms with Gasteiger partial charge in [-0.1, -0.05) is 18.6 Å². The molecule has 2 N–H and O–H groups in total. The molecule has 0 aromatic heterocycles. The van der Waals surface area contributed by atoms with Gasteiger partial charge in [-0.3, -0.25) is 4.79 Å². The number of amides is 1. The van der Waals surface area contributed by atoms with E-state index in [1.54, 1.807) is 0 Å². The Labute approximate surface area is 113 Å². The summed E-state index contributed by atoms with van der Waals surface area (Å²) in [6.07, 6.45) is 4.39. The number of hydrogen-bond donors (Lipinski definition) is 2. The summed E-state index contributed by atoms with van der Waals surface area (Å²) >= 11 is 0. The Morgan fingerprint density at radius 2 is 2.05 bits per heavy atom. The third-order valence-electron chi connectivity index (χ3n) is 5.24. The van der Waals surface area contributed by atoms with Crippen molar-refractivity contribution in [2.45, 2.75) is 31.8 Å². The largest absolute Gasteiger partial charge is 0.388 e. The molecule has 1 amide bonds. The van der Waals surface area contributed by atoms with Gasteiger partial charge in [0.2, 0.25) is 0 Å². The number of hydrogen-bond acceptors (Lipinski definition) is 2. The van der Waals surface area contributed by atoms with Gasteiger partial charge in [-0.2, -0.15) is 0 Å². The van der Waals surface area contributed by atoms with Crippen molar-refractivity contribution in [2.75, 3.05) is 6.54 Å². The van der Waals surface area contributed by atoms with Gasteiger partial charge >= 0.3 is 0 Å². The fraction of sp³-hybridized carbons (Fsp3) is 0.562. The highest BCUT2D eigenvalue weighted by molar-refractivity contribution is 5.96. The summed E-state index contributed by atoms with van der Waals surface area (Å²) in [7, 11) is 0. The van der Waals surface area contributed by atoms with Gasteiger partial charge in [0.25, 0.3) is 5.91 Å². The number of carbonyl (C=O) groups excluding carboxylic acids is 1. The third-order valence-corrected chi connectivity index (χ3v) is 5.24. The zero-order valence-electron chi connectivity index (χ0n) is 10.9. The minimum Gasteiger partial charge on any atom is -0.388 e. The molecule has 0 spiro atoms. The van der Waals surface area contributed by atoms with Crippen LogP contribution in [0.2, 0.25) is 0 Å². The van der Waals surface area contributed by atoms with Crippen molar-refractivity contribution in [1.29, 1.82) is 0 Å². The lowest BCUT2D eigenvalue weighted by Crippen LogP contribution is -2.32. The fourth-order valence-electron chi connectivity index (χ4n) is 4.18. The minimum atomic E-state index is -0.379. The molecule has 100 valence electrons. The Kier molecular flexibility index (Phi) is 2.46. The predicted octanol–water partition coefficient (Wildman–Crippen LogP) is 2.05. The first-order chi connectivity index (χ1) is 9.25. The van der Waals surface area contributed by atoms with E-state index in [-0.39, 0.29) is 12.0 Å². The number of aliphatic hydroxyl groups excluding tert-OH is 1. The normalized spacial score (nSPS) is 33.3. The van der Waals surface area contributed by atoms with E-state index in [1.165, 1.54) is 19.3 Å². The molecule has 0 radical (unpaired) electrons. The van der Waals surface area contributed by atoms with Crippen molar-refractivity contribution in [1.82, 2.24) is 5.32 Å². The molecular weight excluding hydrogens is 238 g/mol. The van der Waals surface area contributed by atoms with Crippen LogP contribution in [0.1, 0.15) is 46.9 Å². The van der Waals surface area contributed by atoms with E-state index >= 15 is 0 Å². The maximum Gasteiger partial charge on any atom is 0.251 e. The van der Waals surface area contributed by atoms with E-state index in [4.69, 9.17) is 0 Å². The highest BCUT2D eigenvalue weighted by Gasteiger charge is 2.55. The molecule has 1 aliphatic heterocycles. The smallest absolute Gasteiger partial charge is 0.251 e. The van der Waals surface area contributed by atoms with Crippen LogP contribution in [-0.2, 0) is 6.42 Å². The third kappa shape index (κ3) is 1.71. The molecule has 3 nitrogen and oxygen atoms in total. The van der Waals surface area contributed by atoms with Gasteiger partial charge in [0, 0.05) is 12.1 Å². The van der Waals surface area contributed by atoms with Crippen molar-refractivity contribution in [2.24, 2.45) is 17.8 Å². The van der Waals surface area contributed by atoms with Crippen LogP contribution in [0.15, 0.2) is 18.2 Å². The molecule has 3 heteroatoms. The van der Waals surface area contributed by atoms with Crippen LogP contribution in [-0.4, -0.2) is 17.6 Å². The van der Waals surface area contributed by atoms with E-state index < -0.39 is 0 Å². The average Bonchev–Trinajstić information content (AvgIpc) is 2.90. The van der Waals surface area contributed by atoms with E-state index in [9.17, 15) is 9.90 Å². The zero-order valence-corrected chi connectivity index (χ0v) is 10.9. The van der Waals surface area contributed by atoms with E-state index in [0.717, 1.165) is 41.5 Å². The fourth-order valence-corrected chi connectivity index (χ4v) is 4.18. The SMILES string of the molecule is O=C1NCCc2ccc(C(O)C3C4CCCC43)cc21. The first-order valence-electron chi connectivity index (χ1n) is 7.35. The second-order valence-corrected chi connectivity index (χ2v) is 6.20. The first-order valence-corrected chi connectivity index (χ1v) is 7.35. The quantitative estimate of drug-likeness (QED) is 0.852. The van der Waals surface area contributed by atoms with E-state index in [0.29, 0.717) is 5.92 Å². The van der Waals surface area contributed by atoms with Crippen LogP contribution in [0.3, 0.4) is 0 Å². The number of fused-ring (bicyclic) bond motifs is 2. The summed E-state index contributed by atoms with van der Waals surface area (Å²) in [5.41, 5.74) is 2.79. The predicted molar refractivity (Wildman–Crippen MR) is 71.8 cm³/mol. The molecule has 1 heterocycles. The summed E-state index contributed by atoms with van der Waals surface area (Å²) < 4.78 is 0. The second kappa shape index (κ2) is 4.07. The molecule has 0 saturated heterocycles. The molecule has 2 saturated carbocycles. The Hall–Kier alpha value is -1.35. The van der Waals surface area contributed by atoms with Crippen molar-refractivity contribution >= 4 is 5.91 Å². The lowest BCUT2D eigenvalue weighted by molar-refractivity contribution is 0.0945. The van der Waals surface area contributed by atoms with Crippen molar-refractivity contribution in [3.05, 3.63) is 34.9 Å². The molecule has 2 aliphatic carbocycles. The summed E-state index contributed by atoms with van der Waals surface area (Å²) in [6, 6.07) is 5.93. The highest BCUT2D eigenvalue weighted by Crippen LogP contribution is 2.62. The van der Waals surface area contributed by atoms with Crippen LogP contribution in [0, 0.1) is 17.8 Å². The van der Waals surface area contributed by atoms with E-state index in [1.807, 2.05) is 18.2 Å². The molecule has 2 fully saturated rings. The Morgan fingerprint density at radius 3 is 2.84 bits per heavy atom. The van der Waals surface area contributed by atoms with Crippen molar-refractivity contribution in [3.63, 3.8) is 0 Å². The van der Waals surface area contributed by atoms with Gasteiger partial charge in [-0.15, -0.1) is 0 Å². The lowest BCUT2D eigenvalue weighted by Gasteiger charge is -2.19. The molecule has 4 rings (SSSR count). The van der Waals surface area contributed by atoms with Gasteiger partial charge in [-0.05, 0) is 54.2 Å². The van der Waals surface area contributed by atoms with Crippen molar-refractivity contribution in [3.8, 4) is 0 Å². The zero-order chi connectivity index (χ0) is 13.0. The van der Waals surface area contributed by atoms with Gasteiger partial charge < -0.3 is 10.4 Å². The lowest BCUT2D eigenvalue weighted by atomic mass is 9.93. The van der Waals surface area contributed by atoms with Crippen LogP contribution >= 0.6 is 0 Å². The van der Waals surface area contributed by atoms with Gasteiger partial charge in [-0.25, -0.2) is 0 Å². The number of rotatable bonds is 2. The second-order valence-electron chi connectivity index (χ2n) is 6.20. The number of aliphatic hydroxyl groups is 1. The highest BCUT2D eigenvalue weighted by atomic mass is 16.3. The number of benzene rings is 1. The summed E-state index contributed by atoms with van der Waals surface area (Å²) in [5.74, 6) is 1.92. The number of nitrogens with one attached hydrogen (secondary N) is 1. The molecule has 3 unspecified atom stereocenters. The summed E-state index contributed by atoms with van der Waals surface area (Å²) in [6.45, 7) is 0.723. The van der Waals surface area contributed by atoms with E-state index in [2.05, 4.69) is 5.32 Å². The Balaban J connectivity index is 1.61. The minimum absolute atomic E-state index is 0.00583. The van der Waals surface area contributed by atoms with Crippen LogP contribution < -0.4 is 5.32 Å². The van der Waals surface area contributed by atoms with Gasteiger partial charge in [0.15, 0.2) is 0 Å². The Bertz CT molecular complexity index is 530. The van der Waals surface area contributed by atoms with Crippen LogP contribution in [0.25, 0.3) is 0 Å². The number of carbonyl (C=O) groups is 1. The Morgan fingerprint density at radius 1 is 1.26 bits per heavy atom. The van der Waals surface area contributed by atoms with Gasteiger partial charge in [0.05, 0.1) is 6.10 Å². The molecule has 0 bridgehead atoms. The summed E-state index contributed by atoms with van der Waals surface area (Å²) in [4.78, 5) is 11.8. The van der Waals surface area contributed by atoms with Crippen LogP contribution in [0.5, 0.6) is 0 Å². The molecule has 3 atom stereocenters. The van der Waals surface area contributed by atoms with Crippen LogP contribution in [0.4, 0.5) is 0 Å². The molecule has 19 heavy (non-hydrogen) atoms. The standard InChI is InChI=1S/C16H19NO2/c18-15(14-11-2-1-3-12(11)14)10-5-4-9-6-7-17-16(19)13(9)8-10/h4-5,8,11-12,14-15,18H,1-3,6-7H2,(H,17,19). The molecule has 3 aliphatic rings. The summed E-state index contributed by atoms with van der Waals surface area (Å²) in [5, 5.41) is 13.4. The maximum atomic E-state index is 11.8. The topological polar surface area (TPSA) is 49.3 Å². The molecule has 1 aromatic carbocycles. The van der Waals surface area contributed by atoms with Crippen molar-refractivity contribution < 1.29 is 9.90 Å². The first kappa shape index (κ1) is 11.5. The molecule has 1 aromatic rings. The average molecular weight is 257 g/mol. The van der Waals surface area contributed by atoms with Gasteiger partial charge in [0.1, 0.15) is 0 Å². The monoisotopic (exact) mass is 257 g/mol.